The molecule has 0 aliphatic carbocycles. The quantitative estimate of drug-likeness (QED) is 0.831. The maximum absolute atomic E-state index is 12.3. The van der Waals surface area contributed by atoms with Gasteiger partial charge in [0.25, 0.3) is 0 Å². The van der Waals surface area contributed by atoms with E-state index in [1.54, 1.807) is 0 Å². The van der Waals surface area contributed by atoms with Crippen LogP contribution in [0.3, 0.4) is 0 Å². The smallest absolute Gasteiger partial charge is 0.234 e. The van der Waals surface area contributed by atoms with Gasteiger partial charge in [0.1, 0.15) is 0 Å². The Morgan fingerprint density at radius 2 is 1.78 bits per heavy atom. The van der Waals surface area contributed by atoms with Crippen molar-refractivity contribution in [2.24, 2.45) is 0 Å². The summed E-state index contributed by atoms with van der Waals surface area (Å²) in [6.45, 7) is 6.05. The Morgan fingerprint density at radius 1 is 1.13 bits per heavy atom. The highest BCUT2D eigenvalue weighted by Gasteiger charge is 2.13. The average molecular weight is 331 g/mol. The first-order valence-electron chi connectivity index (χ1n) is 7.89. The second-order valence-corrected chi connectivity index (χ2v) is 6.07. The van der Waals surface area contributed by atoms with Crippen LogP contribution in [0.15, 0.2) is 54.6 Å². The van der Waals surface area contributed by atoms with Gasteiger partial charge in [0.05, 0.1) is 12.6 Å². The van der Waals surface area contributed by atoms with Crippen molar-refractivity contribution in [1.82, 2.24) is 10.2 Å². The summed E-state index contributed by atoms with van der Waals surface area (Å²) in [4.78, 5) is 14.4. The Balaban J connectivity index is 1.88. The number of halogens is 1. The molecule has 0 spiro atoms. The SMILES string of the molecule is CCN(CC(=O)N[C@H](C)c1ccc(Cl)cc1)Cc1ccccc1. The van der Waals surface area contributed by atoms with Crippen LogP contribution < -0.4 is 5.32 Å². The Kier molecular flexibility index (Phi) is 6.63. The van der Waals surface area contributed by atoms with Gasteiger partial charge in [0, 0.05) is 11.6 Å². The summed E-state index contributed by atoms with van der Waals surface area (Å²) in [6, 6.07) is 17.7. The normalized spacial score (nSPS) is 12.2. The van der Waals surface area contributed by atoms with Gasteiger partial charge in [-0.05, 0) is 36.7 Å². The summed E-state index contributed by atoms with van der Waals surface area (Å²) in [5.41, 5.74) is 2.27. The second-order valence-electron chi connectivity index (χ2n) is 5.63. The lowest BCUT2D eigenvalue weighted by Gasteiger charge is -2.22. The molecule has 1 N–H and O–H groups in total. The lowest BCUT2D eigenvalue weighted by molar-refractivity contribution is -0.123. The van der Waals surface area contributed by atoms with Gasteiger partial charge in [-0.2, -0.15) is 0 Å². The Bertz CT molecular complexity index is 613. The fourth-order valence-corrected chi connectivity index (χ4v) is 2.57. The molecular formula is C19H23ClN2O. The fraction of sp³-hybridized carbons (Fsp3) is 0.316. The van der Waals surface area contributed by atoms with Crippen LogP contribution >= 0.6 is 11.6 Å². The highest BCUT2D eigenvalue weighted by atomic mass is 35.5. The lowest BCUT2D eigenvalue weighted by atomic mass is 10.1. The molecule has 0 aliphatic heterocycles. The standard InChI is InChI=1S/C19H23ClN2O/c1-3-22(13-16-7-5-4-6-8-16)14-19(23)21-15(2)17-9-11-18(20)12-10-17/h4-12,15H,3,13-14H2,1-2H3,(H,21,23)/t15-/m1/s1. The summed E-state index contributed by atoms with van der Waals surface area (Å²) in [5.74, 6) is 0.0326. The molecule has 1 amide bonds. The van der Waals surface area contributed by atoms with Gasteiger partial charge in [0.2, 0.25) is 5.91 Å². The summed E-state index contributed by atoms with van der Waals surface area (Å²) >= 11 is 5.89. The molecule has 122 valence electrons. The predicted molar refractivity (Wildman–Crippen MR) is 95.4 cm³/mol. The number of nitrogens with zero attached hydrogens (tertiary/aromatic N) is 1. The molecule has 3 nitrogen and oxygen atoms in total. The van der Waals surface area contributed by atoms with E-state index >= 15 is 0 Å². The van der Waals surface area contributed by atoms with Gasteiger partial charge in [-0.1, -0.05) is 61.0 Å². The lowest BCUT2D eigenvalue weighted by Crippen LogP contribution is -2.37. The number of hydrogen-bond donors (Lipinski definition) is 1. The maximum Gasteiger partial charge on any atom is 0.234 e. The van der Waals surface area contributed by atoms with Crippen LogP contribution in [0.4, 0.5) is 0 Å². The molecular weight excluding hydrogens is 308 g/mol. The molecule has 0 unspecified atom stereocenters. The predicted octanol–water partition coefficient (Wildman–Crippen LogP) is 4.04. The minimum absolute atomic E-state index is 0.0322. The van der Waals surface area contributed by atoms with Crippen molar-refractivity contribution in [3.63, 3.8) is 0 Å². The zero-order valence-corrected chi connectivity index (χ0v) is 14.4. The number of amides is 1. The molecule has 23 heavy (non-hydrogen) atoms. The van der Waals surface area contributed by atoms with Crippen LogP contribution in [-0.2, 0) is 11.3 Å². The van der Waals surface area contributed by atoms with Crippen LogP contribution in [0.5, 0.6) is 0 Å². The van der Waals surface area contributed by atoms with E-state index in [9.17, 15) is 4.79 Å². The van der Waals surface area contributed by atoms with E-state index in [0.717, 1.165) is 18.7 Å². The van der Waals surface area contributed by atoms with E-state index in [-0.39, 0.29) is 11.9 Å². The summed E-state index contributed by atoms with van der Waals surface area (Å²) < 4.78 is 0. The van der Waals surface area contributed by atoms with Gasteiger partial charge in [0.15, 0.2) is 0 Å². The average Bonchev–Trinajstić information content (AvgIpc) is 2.55. The van der Waals surface area contributed by atoms with E-state index < -0.39 is 0 Å². The zero-order valence-electron chi connectivity index (χ0n) is 13.6. The number of hydrogen-bond acceptors (Lipinski definition) is 2. The number of nitrogens with one attached hydrogen (secondary N) is 1. The molecule has 2 aromatic rings. The summed E-state index contributed by atoms with van der Waals surface area (Å²) in [5, 5.41) is 3.74. The third kappa shape index (κ3) is 5.70. The van der Waals surface area contributed by atoms with Gasteiger partial charge >= 0.3 is 0 Å². The molecule has 0 heterocycles. The molecule has 0 saturated carbocycles. The van der Waals surface area contributed by atoms with Crippen molar-refractivity contribution in [2.45, 2.75) is 26.4 Å². The van der Waals surface area contributed by atoms with Crippen LogP contribution in [-0.4, -0.2) is 23.9 Å². The van der Waals surface area contributed by atoms with Crippen molar-refractivity contribution in [1.29, 1.82) is 0 Å². The highest BCUT2D eigenvalue weighted by molar-refractivity contribution is 6.30. The summed E-state index contributed by atoms with van der Waals surface area (Å²) in [6.07, 6.45) is 0. The van der Waals surface area contributed by atoms with E-state index in [2.05, 4.69) is 29.3 Å². The number of benzene rings is 2. The molecule has 0 fully saturated rings. The van der Waals surface area contributed by atoms with Gasteiger partial charge in [-0.25, -0.2) is 0 Å². The number of carbonyl (C=O) groups excluding carboxylic acids is 1. The Hall–Kier alpha value is -1.84. The molecule has 2 aromatic carbocycles. The first-order chi connectivity index (χ1) is 11.1. The minimum Gasteiger partial charge on any atom is -0.348 e. The number of rotatable bonds is 7. The molecule has 0 aliphatic rings. The van der Waals surface area contributed by atoms with Crippen LogP contribution in [0, 0.1) is 0 Å². The largest absolute Gasteiger partial charge is 0.348 e. The van der Waals surface area contributed by atoms with Gasteiger partial charge < -0.3 is 5.32 Å². The molecule has 0 aromatic heterocycles. The monoisotopic (exact) mass is 330 g/mol. The van der Waals surface area contributed by atoms with Crippen molar-refractivity contribution in [2.75, 3.05) is 13.1 Å². The van der Waals surface area contributed by atoms with Crippen LogP contribution in [0.1, 0.15) is 31.0 Å². The maximum atomic E-state index is 12.3. The Morgan fingerprint density at radius 3 is 2.39 bits per heavy atom. The fourth-order valence-electron chi connectivity index (χ4n) is 2.45. The topological polar surface area (TPSA) is 32.3 Å². The van der Waals surface area contributed by atoms with Crippen LogP contribution in [0.25, 0.3) is 0 Å². The zero-order chi connectivity index (χ0) is 16.7. The molecule has 0 bridgehead atoms. The second kappa shape index (κ2) is 8.70. The third-order valence-electron chi connectivity index (χ3n) is 3.81. The van der Waals surface area contributed by atoms with Crippen molar-refractivity contribution in [3.05, 3.63) is 70.7 Å². The van der Waals surface area contributed by atoms with Crippen molar-refractivity contribution >= 4 is 17.5 Å². The third-order valence-corrected chi connectivity index (χ3v) is 4.06. The number of likely N-dealkylation sites (N-methyl/N-ethyl adjacent to an activating group) is 1. The first kappa shape index (κ1) is 17.5. The highest BCUT2D eigenvalue weighted by Crippen LogP contribution is 2.16. The molecule has 4 heteroatoms. The van der Waals surface area contributed by atoms with E-state index in [1.807, 2.05) is 49.4 Å². The van der Waals surface area contributed by atoms with Gasteiger partial charge in [-0.15, -0.1) is 0 Å². The number of carbonyl (C=O) groups is 1. The first-order valence-corrected chi connectivity index (χ1v) is 8.27. The summed E-state index contributed by atoms with van der Waals surface area (Å²) in [7, 11) is 0. The molecule has 1 atom stereocenters. The van der Waals surface area contributed by atoms with E-state index in [4.69, 9.17) is 11.6 Å². The van der Waals surface area contributed by atoms with Crippen LogP contribution in [0.2, 0.25) is 5.02 Å². The van der Waals surface area contributed by atoms with E-state index in [1.165, 1.54) is 5.56 Å². The van der Waals surface area contributed by atoms with Crippen molar-refractivity contribution in [3.8, 4) is 0 Å². The molecule has 2 rings (SSSR count). The molecule has 0 saturated heterocycles. The van der Waals surface area contributed by atoms with Crippen molar-refractivity contribution < 1.29 is 4.79 Å². The Labute approximate surface area is 143 Å². The van der Waals surface area contributed by atoms with E-state index in [0.29, 0.717) is 11.6 Å². The van der Waals surface area contributed by atoms with Gasteiger partial charge in [-0.3, -0.25) is 9.69 Å². The molecule has 0 radical (unpaired) electrons. The minimum atomic E-state index is -0.0322.